The Balaban J connectivity index is 1.94. The molecule has 1 heterocycles. The number of nitrogens with one attached hydrogen (secondary N) is 1. The molecule has 1 aliphatic heterocycles. The van der Waals surface area contributed by atoms with Crippen molar-refractivity contribution in [3.8, 4) is 17.2 Å². The number of methoxy groups -OCH3 is 1. The molecular formula is C26H35N3O7S. The van der Waals surface area contributed by atoms with Crippen LogP contribution in [-0.2, 0) is 26.2 Å². The summed E-state index contributed by atoms with van der Waals surface area (Å²) in [6.07, 6.45) is 0. The zero-order chi connectivity index (χ0) is 27.2. The molecule has 0 saturated carbocycles. The third-order valence-corrected chi connectivity index (χ3v) is 7.64. The van der Waals surface area contributed by atoms with Gasteiger partial charge in [-0.3, -0.25) is 13.9 Å². The molecule has 0 aliphatic carbocycles. The van der Waals surface area contributed by atoms with Crippen LogP contribution in [-0.4, -0.2) is 69.8 Å². The van der Waals surface area contributed by atoms with E-state index in [0.717, 1.165) is 9.87 Å². The fourth-order valence-corrected chi connectivity index (χ4v) is 4.88. The van der Waals surface area contributed by atoms with Gasteiger partial charge in [0.05, 0.1) is 18.6 Å². The molecule has 0 aromatic heterocycles. The third-order valence-electron chi connectivity index (χ3n) is 5.90. The molecule has 1 atom stereocenters. The Kier molecular flexibility index (Phi) is 9.25. The van der Waals surface area contributed by atoms with E-state index in [2.05, 4.69) is 5.32 Å². The minimum absolute atomic E-state index is 0.108. The average molecular weight is 534 g/mol. The number of nitrogens with zero attached hydrogens (tertiary/aromatic N) is 2. The lowest BCUT2D eigenvalue weighted by Crippen LogP contribution is -2.52. The molecule has 0 spiro atoms. The van der Waals surface area contributed by atoms with Crippen molar-refractivity contribution >= 4 is 27.5 Å². The number of ether oxygens (including phenoxy) is 3. The molecule has 0 bridgehead atoms. The van der Waals surface area contributed by atoms with Crippen molar-refractivity contribution in [3.63, 3.8) is 0 Å². The van der Waals surface area contributed by atoms with Gasteiger partial charge in [0.25, 0.3) is 0 Å². The Morgan fingerprint density at radius 1 is 1.03 bits per heavy atom. The van der Waals surface area contributed by atoms with Crippen molar-refractivity contribution in [2.45, 2.75) is 46.3 Å². The Hall–Kier alpha value is -3.47. The average Bonchev–Trinajstić information content (AvgIpc) is 2.89. The molecule has 2 aromatic carbocycles. The number of amides is 2. The standard InChI is InChI=1S/C26H35N3O7S/c1-6-37(32,33)29(21-9-12-23-24(15-21)36-14-13-35-23)17-25(30)28(19(4)26(31)27-18(2)3)16-20-7-10-22(34-5)11-8-20/h7-12,15,18-19H,6,13-14,16-17H2,1-5H3,(H,27,31)/t19-/m1/s1. The molecule has 202 valence electrons. The molecule has 2 amide bonds. The van der Waals surface area contributed by atoms with E-state index in [4.69, 9.17) is 14.2 Å². The van der Waals surface area contributed by atoms with Gasteiger partial charge in [-0.15, -0.1) is 0 Å². The van der Waals surface area contributed by atoms with Crippen molar-refractivity contribution in [1.29, 1.82) is 0 Å². The second-order valence-electron chi connectivity index (χ2n) is 8.94. The first-order valence-electron chi connectivity index (χ1n) is 12.2. The van der Waals surface area contributed by atoms with Crippen LogP contribution in [0.3, 0.4) is 0 Å². The predicted molar refractivity (Wildman–Crippen MR) is 141 cm³/mol. The summed E-state index contributed by atoms with van der Waals surface area (Å²) < 4.78 is 43.6. The lowest BCUT2D eigenvalue weighted by atomic mass is 10.1. The number of benzene rings is 2. The summed E-state index contributed by atoms with van der Waals surface area (Å²) in [4.78, 5) is 28.0. The number of rotatable bonds is 11. The largest absolute Gasteiger partial charge is 0.497 e. The summed E-state index contributed by atoms with van der Waals surface area (Å²) in [5.41, 5.74) is 1.05. The van der Waals surface area contributed by atoms with Crippen LogP contribution in [0.1, 0.15) is 33.3 Å². The highest BCUT2D eigenvalue weighted by molar-refractivity contribution is 7.92. The zero-order valence-electron chi connectivity index (χ0n) is 21.9. The first kappa shape index (κ1) is 28.1. The van der Waals surface area contributed by atoms with E-state index in [1.807, 2.05) is 13.8 Å². The van der Waals surface area contributed by atoms with Gasteiger partial charge in [0, 0.05) is 18.7 Å². The number of carbonyl (C=O) groups excluding carboxylic acids is 2. The molecule has 0 fully saturated rings. The summed E-state index contributed by atoms with van der Waals surface area (Å²) in [6, 6.07) is 10.9. The highest BCUT2D eigenvalue weighted by atomic mass is 32.2. The Morgan fingerprint density at radius 3 is 2.27 bits per heavy atom. The van der Waals surface area contributed by atoms with Gasteiger partial charge in [-0.25, -0.2) is 8.42 Å². The van der Waals surface area contributed by atoms with Crippen LogP contribution in [0.4, 0.5) is 5.69 Å². The second kappa shape index (κ2) is 12.2. The normalized spacial score (nSPS) is 13.6. The smallest absolute Gasteiger partial charge is 0.244 e. The van der Waals surface area contributed by atoms with Crippen molar-refractivity contribution < 1.29 is 32.2 Å². The van der Waals surface area contributed by atoms with Crippen LogP contribution in [0.25, 0.3) is 0 Å². The number of hydrogen-bond acceptors (Lipinski definition) is 7. The Labute approximate surface area is 218 Å². The van der Waals surface area contributed by atoms with E-state index in [9.17, 15) is 18.0 Å². The fraction of sp³-hybridized carbons (Fsp3) is 0.462. The maximum atomic E-state index is 13.7. The molecule has 11 heteroatoms. The number of anilines is 1. The second-order valence-corrected chi connectivity index (χ2v) is 11.1. The van der Waals surface area contributed by atoms with Gasteiger partial charge < -0.3 is 24.4 Å². The van der Waals surface area contributed by atoms with Crippen LogP contribution in [0.5, 0.6) is 17.2 Å². The SMILES string of the molecule is CCS(=O)(=O)N(CC(=O)N(Cc1ccc(OC)cc1)[C@H](C)C(=O)NC(C)C)c1ccc2c(c1)OCCO2. The van der Waals surface area contributed by atoms with E-state index < -0.39 is 28.5 Å². The summed E-state index contributed by atoms with van der Waals surface area (Å²) in [5.74, 6) is 0.514. The van der Waals surface area contributed by atoms with Crippen LogP contribution < -0.4 is 23.8 Å². The molecule has 1 aliphatic rings. The van der Waals surface area contributed by atoms with E-state index in [0.29, 0.717) is 30.5 Å². The highest BCUT2D eigenvalue weighted by Crippen LogP contribution is 2.35. The molecule has 0 radical (unpaired) electrons. The molecule has 0 saturated heterocycles. The van der Waals surface area contributed by atoms with Crippen molar-refractivity contribution in [2.75, 3.05) is 36.9 Å². The van der Waals surface area contributed by atoms with Crippen molar-refractivity contribution in [2.24, 2.45) is 0 Å². The molecule has 10 nitrogen and oxygen atoms in total. The first-order valence-corrected chi connectivity index (χ1v) is 13.8. The summed E-state index contributed by atoms with van der Waals surface area (Å²) >= 11 is 0. The molecule has 2 aromatic rings. The van der Waals surface area contributed by atoms with Crippen molar-refractivity contribution in [1.82, 2.24) is 10.2 Å². The molecule has 37 heavy (non-hydrogen) atoms. The minimum atomic E-state index is -3.84. The first-order chi connectivity index (χ1) is 17.6. The van der Waals surface area contributed by atoms with Gasteiger partial charge in [0.2, 0.25) is 21.8 Å². The van der Waals surface area contributed by atoms with Gasteiger partial charge in [-0.1, -0.05) is 12.1 Å². The summed E-state index contributed by atoms with van der Waals surface area (Å²) in [5, 5.41) is 2.83. The van der Waals surface area contributed by atoms with E-state index >= 15 is 0 Å². The number of fused-ring (bicyclic) bond motifs is 1. The summed E-state index contributed by atoms with van der Waals surface area (Å²) in [6.45, 7) is 7.17. The van der Waals surface area contributed by atoms with Gasteiger partial charge >= 0.3 is 0 Å². The number of sulfonamides is 1. The maximum Gasteiger partial charge on any atom is 0.244 e. The van der Waals surface area contributed by atoms with Crippen molar-refractivity contribution in [3.05, 3.63) is 48.0 Å². The monoisotopic (exact) mass is 533 g/mol. The van der Waals surface area contributed by atoms with Crippen LogP contribution >= 0.6 is 0 Å². The molecule has 0 unspecified atom stereocenters. The topological polar surface area (TPSA) is 114 Å². The Morgan fingerprint density at radius 2 is 1.68 bits per heavy atom. The van der Waals surface area contributed by atoms with E-state index in [1.54, 1.807) is 56.5 Å². The van der Waals surface area contributed by atoms with E-state index in [-0.39, 0.29) is 29.9 Å². The molecule has 1 N–H and O–H groups in total. The van der Waals surface area contributed by atoms with Gasteiger partial charge in [-0.05, 0) is 57.5 Å². The lowest BCUT2D eigenvalue weighted by Gasteiger charge is -2.32. The van der Waals surface area contributed by atoms with Crippen LogP contribution in [0.15, 0.2) is 42.5 Å². The van der Waals surface area contributed by atoms with Gasteiger partial charge in [0.1, 0.15) is 31.5 Å². The number of hydrogen-bond donors (Lipinski definition) is 1. The molecular weight excluding hydrogens is 498 g/mol. The van der Waals surface area contributed by atoms with Crippen LogP contribution in [0, 0.1) is 0 Å². The maximum absolute atomic E-state index is 13.7. The quantitative estimate of drug-likeness (QED) is 0.472. The summed E-state index contributed by atoms with van der Waals surface area (Å²) in [7, 11) is -2.28. The zero-order valence-corrected chi connectivity index (χ0v) is 22.7. The van der Waals surface area contributed by atoms with Gasteiger partial charge in [0.15, 0.2) is 11.5 Å². The Bertz CT molecular complexity index is 1200. The fourth-order valence-electron chi connectivity index (χ4n) is 3.82. The van der Waals surface area contributed by atoms with Gasteiger partial charge in [-0.2, -0.15) is 0 Å². The molecule has 3 rings (SSSR count). The van der Waals surface area contributed by atoms with E-state index in [1.165, 1.54) is 11.8 Å². The predicted octanol–water partition coefficient (Wildman–Crippen LogP) is 2.56. The number of carbonyl (C=O) groups is 2. The minimum Gasteiger partial charge on any atom is -0.497 e. The highest BCUT2D eigenvalue weighted by Gasteiger charge is 2.31. The lowest BCUT2D eigenvalue weighted by molar-refractivity contribution is -0.139. The third kappa shape index (κ3) is 7.06. The van der Waals surface area contributed by atoms with Crippen LogP contribution in [0.2, 0.25) is 0 Å².